The third-order valence-electron chi connectivity index (χ3n) is 6.57. The highest BCUT2D eigenvalue weighted by Crippen LogP contribution is 2.28. The Kier molecular flexibility index (Phi) is 9.13. The summed E-state index contributed by atoms with van der Waals surface area (Å²) in [6.07, 6.45) is 7.60. The topological polar surface area (TPSA) is 111 Å². The van der Waals surface area contributed by atoms with Crippen LogP contribution in [0.25, 0.3) is 11.3 Å². The first-order valence-corrected chi connectivity index (χ1v) is 13.4. The van der Waals surface area contributed by atoms with E-state index in [4.69, 9.17) is 14.2 Å². The number of fused-ring (bicyclic) bond motifs is 7. The quantitative estimate of drug-likeness (QED) is 0.470. The Morgan fingerprint density at radius 2 is 1.87 bits per heavy atom. The summed E-state index contributed by atoms with van der Waals surface area (Å²) >= 11 is 0. The number of rotatable bonds is 5. The monoisotopic (exact) mass is 536 g/mol. The van der Waals surface area contributed by atoms with Crippen LogP contribution in [0.1, 0.15) is 36.0 Å². The lowest BCUT2D eigenvalue weighted by atomic mass is 10.1. The maximum atomic E-state index is 14.6. The minimum absolute atomic E-state index is 0.110. The van der Waals surface area contributed by atoms with Gasteiger partial charge in [0.15, 0.2) is 5.82 Å². The molecule has 1 amide bonds. The molecular formula is C28H33FN6O4. The normalized spacial score (nSPS) is 16.2. The largest absolute Gasteiger partial charge is 0.493 e. The number of nitrogens with zero attached hydrogens (tertiary/aromatic N) is 4. The lowest BCUT2D eigenvalue weighted by Gasteiger charge is -2.26. The molecule has 10 nitrogen and oxygen atoms in total. The number of carbonyl (C=O) groups excluding carboxylic acids is 1. The Bertz CT molecular complexity index is 1270. The fourth-order valence-electron chi connectivity index (χ4n) is 4.47. The van der Waals surface area contributed by atoms with Gasteiger partial charge in [-0.15, -0.1) is 0 Å². The van der Waals surface area contributed by atoms with Crippen LogP contribution in [0, 0.1) is 5.82 Å². The van der Waals surface area contributed by atoms with Crippen molar-refractivity contribution in [1.82, 2.24) is 25.2 Å². The first-order valence-electron chi connectivity index (χ1n) is 13.4. The van der Waals surface area contributed by atoms with E-state index in [1.54, 1.807) is 30.5 Å². The second kappa shape index (κ2) is 13.3. The Balaban J connectivity index is 1.32. The van der Waals surface area contributed by atoms with E-state index < -0.39 is 5.82 Å². The molecule has 0 atom stereocenters. The minimum atomic E-state index is -0.568. The lowest BCUT2D eigenvalue weighted by molar-refractivity contribution is 0.0374. The zero-order chi connectivity index (χ0) is 26.9. The number of benzene rings is 1. The number of carbonyl (C=O) groups is 1. The molecule has 0 radical (unpaired) electrons. The molecule has 1 aromatic carbocycles. The van der Waals surface area contributed by atoms with Crippen molar-refractivity contribution >= 4 is 17.5 Å². The molecule has 2 aromatic heterocycles. The average Bonchev–Trinajstić information content (AvgIpc) is 2.96. The first kappa shape index (κ1) is 26.8. The van der Waals surface area contributed by atoms with Crippen molar-refractivity contribution in [3.05, 3.63) is 54.2 Å². The van der Waals surface area contributed by atoms with Crippen LogP contribution in [0.4, 0.5) is 16.0 Å². The Morgan fingerprint density at radius 1 is 1.03 bits per heavy atom. The Labute approximate surface area is 226 Å². The molecule has 5 rings (SSSR count). The highest BCUT2D eigenvalue weighted by molar-refractivity contribution is 5.97. The van der Waals surface area contributed by atoms with Crippen LogP contribution >= 0.6 is 0 Å². The number of pyridine rings is 1. The molecular weight excluding hydrogens is 503 g/mol. The molecule has 3 aromatic rings. The third-order valence-corrected chi connectivity index (χ3v) is 6.57. The second-order valence-electron chi connectivity index (χ2n) is 9.46. The molecule has 11 heteroatoms. The van der Waals surface area contributed by atoms with Gasteiger partial charge >= 0.3 is 0 Å². The van der Waals surface area contributed by atoms with Gasteiger partial charge in [-0.1, -0.05) is 0 Å². The number of aromatic nitrogens is 3. The lowest BCUT2D eigenvalue weighted by Crippen LogP contribution is -2.38. The van der Waals surface area contributed by atoms with Gasteiger partial charge in [0.05, 0.1) is 44.4 Å². The number of halogens is 1. The van der Waals surface area contributed by atoms with Gasteiger partial charge in [0.1, 0.15) is 17.2 Å². The van der Waals surface area contributed by atoms with E-state index in [2.05, 4.69) is 30.5 Å². The maximum absolute atomic E-state index is 14.6. The number of anilines is 2. The van der Waals surface area contributed by atoms with Crippen molar-refractivity contribution in [1.29, 1.82) is 0 Å². The molecule has 2 aliphatic heterocycles. The van der Waals surface area contributed by atoms with Crippen molar-refractivity contribution in [3.63, 3.8) is 0 Å². The predicted molar refractivity (Wildman–Crippen MR) is 144 cm³/mol. The Hall–Kier alpha value is -3.83. The summed E-state index contributed by atoms with van der Waals surface area (Å²) in [4.78, 5) is 28.0. The summed E-state index contributed by atoms with van der Waals surface area (Å²) in [7, 11) is 0. The van der Waals surface area contributed by atoms with Crippen molar-refractivity contribution < 1.29 is 23.4 Å². The minimum Gasteiger partial charge on any atom is -0.493 e. The van der Waals surface area contributed by atoms with E-state index in [1.807, 2.05) is 0 Å². The van der Waals surface area contributed by atoms with E-state index in [-0.39, 0.29) is 17.5 Å². The molecule has 2 N–H and O–H groups in total. The van der Waals surface area contributed by atoms with Gasteiger partial charge in [0, 0.05) is 43.1 Å². The number of amides is 1. The van der Waals surface area contributed by atoms with Gasteiger partial charge in [-0.25, -0.2) is 14.4 Å². The van der Waals surface area contributed by atoms with E-state index in [0.717, 1.165) is 64.7 Å². The molecule has 1 saturated heterocycles. The van der Waals surface area contributed by atoms with Gasteiger partial charge in [-0.2, -0.15) is 0 Å². The summed E-state index contributed by atoms with van der Waals surface area (Å²) in [5.74, 6) is 0.456. The number of ether oxygens (including phenoxy) is 3. The van der Waals surface area contributed by atoms with Crippen LogP contribution in [0.3, 0.4) is 0 Å². The molecule has 4 heterocycles. The zero-order valence-corrected chi connectivity index (χ0v) is 21.8. The van der Waals surface area contributed by atoms with Gasteiger partial charge in [0.25, 0.3) is 5.91 Å². The number of nitrogens with one attached hydrogen (secondary N) is 2. The van der Waals surface area contributed by atoms with Crippen molar-refractivity contribution in [2.45, 2.75) is 25.7 Å². The number of morpholine rings is 1. The summed E-state index contributed by atoms with van der Waals surface area (Å²) in [6, 6.07) is 6.94. The van der Waals surface area contributed by atoms with E-state index in [0.29, 0.717) is 48.1 Å². The van der Waals surface area contributed by atoms with Gasteiger partial charge < -0.3 is 24.8 Å². The average molecular weight is 537 g/mol. The molecule has 39 heavy (non-hydrogen) atoms. The highest BCUT2D eigenvalue weighted by Gasteiger charge is 2.16. The number of hydrogen-bond donors (Lipinski definition) is 2. The third kappa shape index (κ3) is 7.39. The fraction of sp³-hybridized carbons (Fsp3) is 0.429. The first-order chi connectivity index (χ1) is 19.2. The summed E-state index contributed by atoms with van der Waals surface area (Å²) in [5.41, 5.74) is 1.67. The summed E-state index contributed by atoms with van der Waals surface area (Å²) < 4.78 is 31.9. The van der Waals surface area contributed by atoms with Crippen LogP contribution in [-0.2, 0) is 4.74 Å². The molecule has 1 fully saturated rings. The van der Waals surface area contributed by atoms with Crippen LogP contribution in [0.5, 0.6) is 11.5 Å². The second-order valence-corrected chi connectivity index (χ2v) is 9.46. The maximum Gasteiger partial charge on any atom is 0.255 e. The predicted octanol–water partition coefficient (Wildman–Crippen LogP) is 3.81. The van der Waals surface area contributed by atoms with Crippen LogP contribution in [-0.4, -0.2) is 78.4 Å². The van der Waals surface area contributed by atoms with Crippen molar-refractivity contribution in [2.75, 3.05) is 57.9 Å². The standard InChI is InChI=1S/C28H33FN6O4/c29-24-19-32-28-33-21-5-6-23(27(36)31-7-4-8-35-9-13-37-14-10-35)25(16-21)39-12-3-1-2-11-38-22-15-20(17-30-18-22)26(24)34-28/h5-6,15-19H,1-4,7-14H2,(H,31,36)(H,32,33,34). The van der Waals surface area contributed by atoms with Gasteiger partial charge in [-0.05, 0) is 50.4 Å². The van der Waals surface area contributed by atoms with E-state index in [1.165, 1.54) is 6.20 Å². The molecule has 0 unspecified atom stereocenters. The molecule has 0 saturated carbocycles. The van der Waals surface area contributed by atoms with Crippen molar-refractivity contribution in [3.8, 4) is 22.8 Å². The van der Waals surface area contributed by atoms with E-state index >= 15 is 0 Å². The zero-order valence-electron chi connectivity index (χ0n) is 21.8. The molecule has 2 aliphatic rings. The molecule has 6 bridgehead atoms. The van der Waals surface area contributed by atoms with Crippen LogP contribution in [0.15, 0.2) is 42.9 Å². The molecule has 0 spiro atoms. The summed E-state index contributed by atoms with van der Waals surface area (Å²) in [5, 5.41) is 6.11. The van der Waals surface area contributed by atoms with E-state index in [9.17, 15) is 9.18 Å². The summed E-state index contributed by atoms with van der Waals surface area (Å²) in [6.45, 7) is 5.80. The van der Waals surface area contributed by atoms with Crippen LogP contribution < -0.4 is 20.1 Å². The molecule has 0 aliphatic carbocycles. The van der Waals surface area contributed by atoms with Gasteiger partial charge in [0.2, 0.25) is 5.95 Å². The van der Waals surface area contributed by atoms with Crippen LogP contribution in [0.2, 0.25) is 0 Å². The molecule has 206 valence electrons. The highest BCUT2D eigenvalue weighted by atomic mass is 19.1. The van der Waals surface area contributed by atoms with Crippen molar-refractivity contribution in [2.24, 2.45) is 0 Å². The number of hydrogen-bond acceptors (Lipinski definition) is 9. The fourth-order valence-corrected chi connectivity index (χ4v) is 4.47. The smallest absolute Gasteiger partial charge is 0.255 e. The SMILES string of the molecule is O=C(NCCCN1CCOCC1)c1ccc2cc1OCCCCCOc1cncc(c1)-c1nc(ncc1F)N2. The Morgan fingerprint density at radius 3 is 2.74 bits per heavy atom. The van der Waals surface area contributed by atoms with Gasteiger partial charge in [-0.3, -0.25) is 14.7 Å².